The smallest absolute Gasteiger partial charge is 0.191 e. The van der Waals surface area contributed by atoms with Crippen LogP contribution in [0.3, 0.4) is 0 Å². The molecule has 1 aliphatic carbocycles. The molecule has 0 saturated heterocycles. The second kappa shape index (κ2) is 7.39. The van der Waals surface area contributed by atoms with Gasteiger partial charge in [0.15, 0.2) is 5.11 Å². The molecule has 4 heteroatoms. The monoisotopic (exact) mass is 289 g/mol. The summed E-state index contributed by atoms with van der Waals surface area (Å²) in [4.78, 5) is 0. The van der Waals surface area contributed by atoms with Gasteiger partial charge in [-0.25, -0.2) is 0 Å². The molecule has 0 aromatic heterocycles. The molecule has 0 aliphatic heterocycles. The number of para-hydroxylation sites is 1. The number of anilines is 1. The number of aryl methyl sites for hydroxylation is 2. The summed E-state index contributed by atoms with van der Waals surface area (Å²) in [6.07, 6.45) is 8.52. The van der Waals surface area contributed by atoms with E-state index in [0.717, 1.165) is 5.69 Å². The van der Waals surface area contributed by atoms with E-state index in [1.165, 1.54) is 43.2 Å². The van der Waals surface area contributed by atoms with Gasteiger partial charge in [-0.1, -0.05) is 37.5 Å². The van der Waals surface area contributed by atoms with Gasteiger partial charge in [0.2, 0.25) is 0 Å². The third-order valence-corrected chi connectivity index (χ3v) is 4.01. The minimum absolute atomic E-state index is 0.550. The average molecular weight is 289 g/mol. The zero-order valence-electron chi connectivity index (χ0n) is 12.3. The van der Waals surface area contributed by atoms with E-state index in [1.54, 1.807) is 0 Å². The Morgan fingerprint density at radius 3 is 2.50 bits per heavy atom. The first-order valence-corrected chi connectivity index (χ1v) is 7.74. The molecule has 0 bridgehead atoms. The molecular weight excluding hydrogens is 266 g/mol. The van der Waals surface area contributed by atoms with Crippen molar-refractivity contribution >= 4 is 29.2 Å². The first-order valence-electron chi connectivity index (χ1n) is 7.33. The summed E-state index contributed by atoms with van der Waals surface area (Å²) in [5.41, 5.74) is 6.36. The molecule has 108 valence electrons. The first-order chi connectivity index (χ1) is 9.66. The minimum atomic E-state index is 0.550. The van der Waals surface area contributed by atoms with Crippen LogP contribution in [0.4, 0.5) is 5.69 Å². The van der Waals surface area contributed by atoms with Gasteiger partial charge in [-0.15, -0.1) is 0 Å². The number of hydrazone groups is 1. The maximum Gasteiger partial charge on any atom is 0.191 e. The number of nitrogens with zero attached hydrogens (tertiary/aromatic N) is 1. The van der Waals surface area contributed by atoms with E-state index in [2.05, 4.69) is 41.8 Å². The van der Waals surface area contributed by atoms with Crippen LogP contribution in [0.1, 0.15) is 43.2 Å². The Balaban J connectivity index is 1.84. The Labute approximate surface area is 126 Å². The van der Waals surface area contributed by atoms with E-state index >= 15 is 0 Å². The molecular formula is C16H23N3S. The minimum Gasteiger partial charge on any atom is -0.331 e. The number of benzene rings is 1. The topological polar surface area (TPSA) is 36.4 Å². The van der Waals surface area contributed by atoms with Gasteiger partial charge in [0.1, 0.15) is 0 Å². The van der Waals surface area contributed by atoms with Gasteiger partial charge in [0, 0.05) is 11.9 Å². The lowest BCUT2D eigenvalue weighted by atomic mass is 9.90. The predicted octanol–water partition coefficient (Wildman–Crippen LogP) is 4.16. The van der Waals surface area contributed by atoms with Crippen molar-refractivity contribution in [2.24, 2.45) is 11.0 Å². The highest BCUT2D eigenvalue weighted by Crippen LogP contribution is 2.22. The molecule has 1 aliphatic rings. The molecule has 3 nitrogen and oxygen atoms in total. The van der Waals surface area contributed by atoms with Crippen LogP contribution in [0.2, 0.25) is 0 Å². The molecule has 2 N–H and O–H groups in total. The van der Waals surface area contributed by atoms with Crippen LogP contribution in [0.15, 0.2) is 23.3 Å². The van der Waals surface area contributed by atoms with E-state index in [4.69, 9.17) is 12.2 Å². The van der Waals surface area contributed by atoms with Crippen LogP contribution < -0.4 is 10.7 Å². The zero-order valence-corrected chi connectivity index (χ0v) is 13.1. The van der Waals surface area contributed by atoms with Gasteiger partial charge in [0.05, 0.1) is 0 Å². The Morgan fingerprint density at radius 1 is 1.20 bits per heavy atom. The molecule has 1 aromatic rings. The molecule has 20 heavy (non-hydrogen) atoms. The maximum absolute atomic E-state index is 5.29. The van der Waals surface area contributed by atoms with Crippen LogP contribution in [0.25, 0.3) is 0 Å². The second-order valence-corrected chi connectivity index (χ2v) is 5.92. The van der Waals surface area contributed by atoms with Crippen molar-refractivity contribution in [3.05, 3.63) is 29.3 Å². The highest BCUT2D eigenvalue weighted by Gasteiger charge is 2.10. The fourth-order valence-electron chi connectivity index (χ4n) is 2.64. The normalized spacial score (nSPS) is 16.3. The molecule has 1 saturated carbocycles. The van der Waals surface area contributed by atoms with Gasteiger partial charge in [-0.05, 0) is 56.0 Å². The number of nitrogens with one attached hydrogen (secondary N) is 2. The summed E-state index contributed by atoms with van der Waals surface area (Å²) >= 11 is 5.29. The summed E-state index contributed by atoms with van der Waals surface area (Å²) in [5, 5.41) is 8.04. The number of thiocarbonyl (C=S) groups is 1. The third kappa shape index (κ3) is 4.30. The molecule has 1 fully saturated rings. The van der Waals surface area contributed by atoms with Crippen LogP contribution >= 0.6 is 12.2 Å². The molecule has 0 amide bonds. The molecule has 0 atom stereocenters. The molecule has 1 aromatic carbocycles. The Bertz CT molecular complexity index is 470. The Morgan fingerprint density at radius 2 is 1.85 bits per heavy atom. The van der Waals surface area contributed by atoms with E-state index in [9.17, 15) is 0 Å². The van der Waals surface area contributed by atoms with Crippen LogP contribution in [0.5, 0.6) is 0 Å². The fraction of sp³-hybridized carbons (Fsp3) is 0.500. The first kappa shape index (κ1) is 15.0. The molecule has 0 spiro atoms. The lowest BCUT2D eigenvalue weighted by Crippen LogP contribution is -2.25. The molecule has 0 unspecified atom stereocenters. The van der Waals surface area contributed by atoms with Gasteiger partial charge >= 0.3 is 0 Å². The van der Waals surface area contributed by atoms with Crippen molar-refractivity contribution in [1.29, 1.82) is 0 Å². The summed E-state index contributed by atoms with van der Waals surface area (Å²) < 4.78 is 0. The van der Waals surface area contributed by atoms with Crippen LogP contribution in [-0.2, 0) is 0 Å². The summed E-state index contributed by atoms with van der Waals surface area (Å²) in [7, 11) is 0. The summed E-state index contributed by atoms with van der Waals surface area (Å²) in [5.74, 6) is 0.610. The van der Waals surface area contributed by atoms with Crippen molar-refractivity contribution in [3.63, 3.8) is 0 Å². The van der Waals surface area contributed by atoms with Crippen molar-refractivity contribution in [2.75, 3.05) is 5.32 Å². The highest BCUT2D eigenvalue weighted by atomic mass is 32.1. The Hall–Kier alpha value is -1.42. The lowest BCUT2D eigenvalue weighted by Gasteiger charge is -2.17. The average Bonchev–Trinajstić information content (AvgIpc) is 2.44. The van der Waals surface area contributed by atoms with Crippen LogP contribution in [0, 0.1) is 19.8 Å². The fourth-order valence-corrected chi connectivity index (χ4v) is 2.79. The standard InChI is InChI=1S/C16H23N3S/c1-12-7-6-8-13(2)15(12)18-16(20)19-17-11-14-9-4-3-5-10-14/h6-8,11,14H,3-5,9-10H2,1-2H3,(H2,18,19,20)/b17-11+. The quantitative estimate of drug-likeness (QED) is 0.498. The van der Waals surface area contributed by atoms with E-state index in [-0.39, 0.29) is 0 Å². The van der Waals surface area contributed by atoms with Crippen LogP contribution in [-0.4, -0.2) is 11.3 Å². The number of hydrogen-bond acceptors (Lipinski definition) is 2. The molecule has 2 rings (SSSR count). The largest absolute Gasteiger partial charge is 0.331 e. The zero-order chi connectivity index (χ0) is 14.4. The van der Waals surface area contributed by atoms with E-state index in [0.29, 0.717) is 11.0 Å². The Kier molecular flexibility index (Phi) is 5.53. The van der Waals surface area contributed by atoms with E-state index < -0.39 is 0 Å². The van der Waals surface area contributed by atoms with Gasteiger partial charge < -0.3 is 5.32 Å². The van der Waals surface area contributed by atoms with Crippen molar-refractivity contribution in [3.8, 4) is 0 Å². The third-order valence-electron chi connectivity index (χ3n) is 3.82. The predicted molar refractivity (Wildman–Crippen MR) is 90.3 cm³/mol. The lowest BCUT2D eigenvalue weighted by molar-refractivity contribution is 0.444. The van der Waals surface area contributed by atoms with Gasteiger partial charge in [-0.3, -0.25) is 5.43 Å². The number of rotatable bonds is 3. The summed E-state index contributed by atoms with van der Waals surface area (Å²) in [6, 6.07) is 6.19. The second-order valence-electron chi connectivity index (χ2n) is 5.51. The van der Waals surface area contributed by atoms with Crippen molar-refractivity contribution in [1.82, 2.24) is 5.43 Å². The molecule has 0 heterocycles. The summed E-state index contributed by atoms with van der Waals surface area (Å²) in [6.45, 7) is 4.15. The highest BCUT2D eigenvalue weighted by molar-refractivity contribution is 7.80. The maximum atomic E-state index is 5.29. The number of hydrogen-bond donors (Lipinski definition) is 2. The SMILES string of the molecule is Cc1cccc(C)c1NC(=S)N/N=C/C1CCCCC1. The molecule has 0 radical (unpaired) electrons. The van der Waals surface area contributed by atoms with Crippen molar-refractivity contribution < 1.29 is 0 Å². The van der Waals surface area contributed by atoms with E-state index in [1.807, 2.05) is 12.3 Å². The van der Waals surface area contributed by atoms with Crippen molar-refractivity contribution in [2.45, 2.75) is 46.0 Å². The van der Waals surface area contributed by atoms with Gasteiger partial charge in [-0.2, -0.15) is 5.10 Å². The van der Waals surface area contributed by atoms with Gasteiger partial charge in [0.25, 0.3) is 0 Å².